The minimum atomic E-state index is 0.158. The predicted octanol–water partition coefficient (Wildman–Crippen LogP) is 1.75. The third kappa shape index (κ3) is 7.44. The molecule has 0 aliphatic carbocycles. The molecule has 6 nitrogen and oxygen atoms in total. The minimum absolute atomic E-state index is 0.158. The SMILES string of the molecule is CCNC(=NCCC(=O)N(CC)CC)NCCc1ccc(C)nc1. The van der Waals surface area contributed by atoms with Crippen molar-refractivity contribution in [2.24, 2.45) is 4.99 Å². The van der Waals surface area contributed by atoms with E-state index in [0.29, 0.717) is 13.0 Å². The number of carbonyl (C=O) groups is 1. The van der Waals surface area contributed by atoms with Gasteiger partial charge in [-0.15, -0.1) is 0 Å². The number of aryl methyl sites for hydroxylation is 1. The number of aromatic nitrogens is 1. The maximum Gasteiger partial charge on any atom is 0.224 e. The van der Waals surface area contributed by atoms with Crippen molar-refractivity contribution in [3.63, 3.8) is 0 Å². The van der Waals surface area contributed by atoms with Gasteiger partial charge in [0.15, 0.2) is 5.96 Å². The summed E-state index contributed by atoms with van der Waals surface area (Å²) in [5.41, 5.74) is 2.22. The summed E-state index contributed by atoms with van der Waals surface area (Å²) in [6.07, 6.45) is 3.24. The van der Waals surface area contributed by atoms with Crippen LogP contribution in [0.15, 0.2) is 23.3 Å². The van der Waals surface area contributed by atoms with Crippen molar-refractivity contribution in [2.45, 2.75) is 40.5 Å². The molecule has 1 rings (SSSR count). The van der Waals surface area contributed by atoms with Crippen LogP contribution in [-0.4, -0.2) is 54.5 Å². The molecule has 0 unspecified atom stereocenters. The first-order chi connectivity index (χ1) is 11.6. The van der Waals surface area contributed by atoms with Crippen LogP contribution in [0.3, 0.4) is 0 Å². The first-order valence-corrected chi connectivity index (χ1v) is 8.82. The van der Waals surface area contributed by atoms with E-state index in [9.17, 15) is 4.79 Å². The Bertz CT molecular complexity index is 509. The molecule has 0 atom stereocenters. The van der Waals surface area contributed by atoms with Crippen LogP contribution in [0.4, 0.5) is 0 Å². The van der Waals surface area contributed by atoms with E-state index < -0.39 is 0 Å². The molecule has 0 bridgehead atoms. The van der Waals surface area contributed by atoms with E-state index in [1.165, 1.54) is 5.56 Å². The molecule has 0 saturated heterocycles. The lowest BCUT2D eigenvalue weighted by Gasteiger charge is -2.18. The Hall–Kier alpha value is -2.11. The molecule has 1 amide bonds. The van der Waals surface area contributed by atoms with E-state index in [4.69, 9.17) is 0 Å². The van der Waals surface area contributed by atoms with Crippen molar-refractivity contribution in [3.05, 3.63) is 29.6 Å². The molecule has 0 radical (unpaired) electrons. The average molecular weight is 333 g/mol. The molecule has 24 heavy (non-hydrogen) atoms. The second-order valence-corrected chi connectivity index (χ2v) is 5.56. The zero-order valence-corrected chi connectivity index (χ0v) is 15.4. The molecule has 0 aliphatic heterocycles. The number of rotatable bonds is 9. The van der Waals surface area contributed by atoms with Crippen molar-refractivity contribution >= 4 is 11.9 Å². The Morgan fingerprint density at radius 1 is 1.21 bits per heavy atom. The summed E-state index contributed by atoms with van der Waals surface area (Å²) in [5, 5.41) is 6.51. The quantitative estimate of drug-likeness (QED) is 0.533. The second kappa shape index (κ2) is 11.4. The number of pyridine rings is 1. The van der Waals surface area contributed by atoms with Gasteiger partial charge in [-0.1, -0.05) is 6.07 Å². The van der Waals surface area contributed by atoms with Crippen LogP contribution in [0.25, 0.3) is 0 Å². The molecule has 6 heteroatoms. The number of nitrogens with one attached hydrogen (secondary N) is 2. The highest BCUT2D eigenvalue weighted by Crippen LogP contribution is 1.99. The highest BCUT2D eigenvalue weighted by molar-refractivity contribution is 5.80. The van der Waals surface area contributed by atoms with Crippen LogP contribution in [0.1, 0.15) is 38.4 Å². The van der Waals surface area contributed by atoms with Gasteiger partial charge in [-0.05, 0) is 45.7 Å². The van der Waals surface area contributed by atoms with E-state index >= 15 is 0 Å². The van der Waals surface area contributed by atoms with E-state index in [-0.39, 0.29) is 5.91 Å². The second-order valence-electron chi connectivity index (χ2n) is 5.56. The number of nitrogens with zero attached hydrogens (tertiary/aromatic N) is 3. The summed E-state index contributed by atoms with van der Waals surface area (Å²) >= 11 is 0. The van der Waals surface area contributed by atoms with Gasteiger partial charge in [0.25, 0.3) is 0 Å². The summed E-state index contributed by atoms with van der Waals surface area (Å²) in [7, 11) is 0. The summed E-state index contributed by atoms with van der Waals surface area (Å²) in [6.45, 7) is 11.6. The third-order valence-electron chi connectivity index (χ3n) is 3.73. The zero-order chi connectivity index (χ0) is 17.8. The topological polar surface area (TPSA) is 69.6 Å². The first kappa shape index (κ1) is 19.9. The molecule has 2 N–H and O–H groups in total. The summed E-state index contributed by atoms with van der Waals surface area (Å²) in [5.74, 6) is 0.912. The number of amides is 1. The molecular formula is C18H31N5O. The fourth-order valence-electron chi connectivity index (χ4n) is 2.31. The van der Waals surface area contributed by atoms with Gasteiger partial charge in [0, 0.05) is 44.5 Å². The van der Waals surface area contributed by atoms with E-state index in [1.54, 1.807) is 0 Å². The van der Waals surface area contributed by atoms with Crippen molar-refractivity contribution in [1.29, 1.82) is 0 Å². The lowest BCUT2D eigenvalue weighted by Crippen LogP contribution is -2.38. The van der Waals surface area contributed by atoms with Crippen LogP contribution >= 0.6 is 0 Å². The van der Waals surface area contributed by atoms with E-state index in [1.807, 2.05) is 44.9 Å². The van der Waals surface area contributed by atoms with Crippen LogP contribution < -0.4 is 10.6 Å². The monoisotopic (exact) mass is 333 g/mol. The van der Waals surface area contributed by atoms with Crippen LogP contribution in [0, 0.1) is 6.92 Å². The number of hydrogen-bond donors (Lipinski definition) is 2. The Morgan fingerprint density at radius 2 is 1.96 bits per heavy atom. The van der Waals surface area contributed by atoms with E-state index in [2.05, 4.69) is 26.7 Å². The van der Waals surface area contributed by atoms with Gasteiger partial charge in [-0.25, -0.2) is 0 Å². The van der Waals surface area contributed by atoms with Crippen molar-refractivity contribution in [3.8, 4) is 0 Å². The normalized spacial score (nSPS) is 11.2. The van der Waals surface area contributed by atoms with Crippen LogP contribution in [0.2, 0.25) is 0 Å². The summed E-state index contributed by atoms with van der Waals surface area (Å²) < 4.78 is 0. The van der Waals surface area contributed by atoms with E-state index in [0.717, 1.165) is 44.3 Å². The largest absolute Gasteiger partial charge is 0.357 e. The Morgan fingerprint density at radius 3 is 2.54 bits per heavy atom. The number of guanidine groups is 1. The lowest BCUT2D eigenvalue weighted by molar-refractivity contribution is -0.130. The van der Waals surface area contributed by atoms with Crippen LogP contribution in [-0.2, 0) is 11.2 Å². The maximum atomic E-state index is 12.0. The highest BCUT2D eigenvalue weighted by Gasteiger charge is 2.08. The highest BCUT2D eigenvalue weighted by atomic mass is 16.2. The molecule has 1 aromatic rings. The molecule has 0 aromatic carbocycles. The number of hydrogen-bond acceptors (Lipinski definition) is 3. The van der Waals surface area contributed by atoms with Crippen molar-refractivity contribution in [2.75, 3.05) is 32.7 Å². The predicted molar refractivity (Wildman–Crippen MR) is 99.2 cm³/mol. The molecule has 134 valence electrons. The van der Waals surface area contributed by atoms with Crippen LogP contribution in [0.5, 0.6) is 0 Å². The molecular weight excluding hydrogens is 302 g/mol. The van der Waals surface area contributed by atoms with Gasteiger partial charge in [0.05, 0.1) is 6.54 Å². The Kier molecular flexibility index (Phi) is 9.49. The van der Waals surface area contributed by atoms with Gasteiger partial charge < -0.3 is 15.5 Å². The number of carbonyl (C=O) groups excluding carboxylic acids is 1. The van der Waals surface area contributed by atoms with Gasteiger partial charge >= 0.3 is 0 Å². The van der Waals surface area contributed by atoms with Crippen molar-refractivity contribution in [1.82, 2.24) is 20.5 Å². The van der Waals surface area contributed by atoms with Gasteiger partial charge in [0.2, 0.25) is 5.91 Å². The fourth-order valence-corrected chi connectivity index (χ4v) is 2.31. The maximum absolute atomic E-state index is 12.0. The first-order valence-electron chi connectivity index (χ1n) is 8.82. The Balaban J connectivity index is 2.41. The average Bonchev–Trinajstić information content (AvgIpc) is 2.58. The van der Waals surface area contributed by atoms with Gasteiger partial charge in [-0.2, -0.15) is 0 Å². The number of aliphatic imine (C=N–C) groups is 1. The summed E-state index contributed by atoms with van der Waals surface area (Å²) in [4.78, 5) is 22.6. The standard InChI is InChI=1S/C18H31N5O/c1-5-19-18(21-13-11-17(24)23(6-2)7-3)20-12-10-16-9-8-15(4)22-14-16/h8-9,14H,5-7,10-13H2,1-4H3,(H2,19,20,21). The molecule has 0 saturated carbocycles. The molecule has 0 spiro atoms. The fraction of sp³-hybridized carbons (Fsp3) is 0.611. The molecule has 1 aromatic heterocycles. The van der Waals surface area contributed by atoms with Gasteiger partial charge in [0.1, 0.15) is 0 Å². The molecule has 1 heterocycles. The molecule has 0 aliphatic rings. The molecule has 0 fully saturated rings. The lowest BCUT2D eigenvalue weighted by atomic mass is 10.2. The smallest absolute Gasteiger partial charge is 0.224 e. The third-order valence-corrected chi connectivity index (χ3v) is 3.73. The Labute approximate surface area is 145 Å². The van der Waals surface area contributed by atoms with Gasteiger partial charge in [-0.3, -0.25) is 14.8 Å². The summed E-state index contributed by atoms with van der Waals surface area (Å²) in [6, 6.07) is 4.12. The van der Waals surface area contributed by atoms with Crippen molar-refractivity contribution < 1.29 is 4.79 Å². The minimum Gasteiger partial charge on any atom is -0.357 e. The zero-order valence-electron chi connectivity index (χ0n) is 15.4.